The molecule has 0 aliphatic rings. The minimum atomic E-state index is 0.661. The van der Waals surface area contributed by atoms with Crippen LogP contribution < -0.4 is 5.43 Å². The highest BCUT2D eigenvalue weighted by Crippen LogP contribution is 2.25. The maximum atomic E-state index is 5.94. The molecule has 0 bridgehead atoms. The van der Waals surface area contributed by atoms with E-state index in [0.717, 1.165) is 22.7 Å². The van der Waals surface area contributed by atoms with Crippen molar-refractivity contribution in [2.45, 2.75) is 26.9 Å². The molecule has 0 saturated carbocycles. The van der Waals surface area contributed by atoms with Gasteiger partial charge in [-0.25, -0.2) is 0 Å². The van der Waals surface area contributed by atoms with Gasteiger partial charge in [0.05, 0.1) is 12.8 Å². The number of rotatable bonds is 6. The summed E-state index contributed by atoms with van der Waals surface area (Å²) in [5.41, 5.74) is 10.5. The Morgan fingerprint density at radius 3 is 2.34 bits per heavy atom. The molecule has 0 unspecified atom stereocenters. The largest absolute Gasteiger partial charge is 0.340 e. The van der Waals surface area contributed by atoms with Crippen molar-refractivity contribution in [2.24, 2.45) is 5.10 Å². The lowest BCUT2D eigenvalue weighted by molar-refractivity contribution is 0.747. The van der Waals surface area contributed by atoms with Gasteiger partial charge in [-0.05, 0) is 43.2 Å². The van der Waals surface area contributed by atoms with Crippen LogP contribution in [0.3, 0.4) is 0 Å². The number of hydrazone groups is 1. The molecular weight excluding hydrogens is 378 g/mol. The van der Waals surface area contributed by atoms with Crippen LogP contribution in [0.15, 0.2) is 77.9 Å². The first-order valence-electron chi connectivity index (χ1n) is 9.75. The van der Waals surface area contributed by atoms with Crippen molar-refractivity contribution in [2.75, 3.05) is 0 Å². The summed E-state index contributed by atoms with van der Waals surface area (Å²) >= 11 is 5.94. The van der Waals surface area contributed by atoms with Crippen molar-refractivity contribution < 1.29 is 0 Å². The van der Waals surface area contributed by atoms with E-state index in [-0.39, 0.29) is 0 Å². The van der Waals surface area contributed by atoms with Crippen molar-refractivity contribution in [1.29, 1.82) is 0 Å². The van der Waals surface area contributed by atoms with Crippen LogP contribution in [0.4, 0.5) is 0 Å². The quantitative estimate of drug-likeness (QED) is 0.307. The van der Waals surface area contributed by atoms with Crippen molar-refractivity contribution in [1.82, 2.24) is 9.99 Å². The highest BCUT2D eigenvalue weighted by atomic mass is 35.5. The highest BCUT2D eigenvalue weighted by molar-refractivity contribution is 6.30. The second kappa shape index (κ2) is 8.54. The number of para-hydroxylation sites is 1. The predicted molar refractivity (Wildman–Crippen MR) is 123 cm³/mol. The molecule has 3 nitrogen and oxygen atoms in total. The van der Waals surface area contributed by atoms with Gasteiger partial charge in [-0.3, -0.25) is 0 Å². The van der Waals surface area contributed by atoms with E-state index < -0.39 is 0 Å². The Labute approximate surface area is 176 Å². The number of benzene rings is 3. The van der Waals surface area contributed by atoms with Gasteiger partial charge in [0.15, 0.2) is 0 Å². The molecule has 0 aliphatic carbocycles. The van der Waals surface area contributed by atoms with E-state index in [1.807, 2.05) is 30.5 Å². The van der Waals surface area contributed by atoms with Gasteiger partial charge in [-0.2, -0.15) is 5.10 Å². The first-order chi connectivity index (χ1) is 14.1. The Morgan fingerprint density at radius 1 is 0.897 bits per heavy atom. The molecule has 3 aromatic carbocycles. The molecule has 0 atom stereocenters. The molecular formula is C25H24ClN3. The molecule has 4 rings (SSSR count). The second-order valence-electron chi connectivity index (χ2n) is 7.31. The monoisotopic (exact) mass is 401 g/mol. The second-order valence-corrected chi connectivity index (χ2v) is 7.74. The van der Waals surface area contributed by atoms with Crippen LogP contribution in [0.5, 0.6) is 0 Å². The lowest BCUT2D eigenvalue weighted by Crippen LogP contribution is -2.06. The fourth-order valence-corrected chi connectivity index (χ4v) is 3.68. The molecule has 4 heteroatoms. The number of hydrogen-bond donors (Lipinski definition) is 1. The topological polar surface area (TPSA) is 29.3 Å². The maximum absolute atomic E-state index is 5.94. The number of nitrogens with one attached hydrogen (secondary N) is 1. The summed E-state index contributed by atoms with van der Waals surface area (Å²) in [5, 5.41) is 6.44. The molecule has 1 aromatic heterocycles. The number of aromatic nitrogens is 1. The van der Waals surface area contributed by atoms with Crippen LogP contribution >= 0.6 is 11.6 Å². The van der Waals surface area contributed by atoms with Crippen molar-refractivity contribution in [3.05, 3.63) is 106 Å². The summed E-state index contributed by atoms with van der Waals surface area (Å²) in [4.78, 5) is 0. The molecule has 1 N–H and O–H groups in total. The molecule has 0 amide bonds. The minimum absolute atomic E-state index is 0.661. The van der Waals surface area contributed by atoms with Crippen LogP contribution in [-0.4, -0.2) is 10.8 Å². The number of hydrogen-bond acceptors (Lipinski definition) is 2. The van der Waals surface area contributed by atoms with Gasteiger partial charge >= 0.3 is 0 Å². The van der Waals surface area contributed by atoms with Gasteiger partial charge in [-0.1, -0.05) is 71.8 Å². The van der Waals surface area contributed by atoms with E-state index in [0.29, 0.717) is 6.54 Å². The standard InChI is InChI=1S/C25H24ClN3/c1-18-7-9-21(10-8-18)17-29-19(2)24(23-5-3-4-6-25(23)29)16-28-27-15-20-11-13-22(26)14-12-20/h3-14,16,27H,15,17H2,1-2H3/b28-16-. The van der Waals surface area contributed by atoms with Crippen LogP contribution in [0, 0.1) is 13.8 Å². The molecule has 0 radical (unpaired) electrons. The van der Waals surface area contributed by atoms with E-state index in [9.17, 15) is 0 Å². The van der Waals surface area contributed by atoms with E-state index in [4.69, 9.17) is 11.6 Å². The number of halogens is 1. The van der Waals surface area contributed by atoms with Gasteiger partial charge in [-0.15, -0.1) is 0 Å². The Morgan fingerprint density at radius 2 is 1.59 bits per heavy atom. The van der Waals surface area contributed by atoms with Gasteiger partial charge in [0.25, 0.3) is 0 Å². The van der Waals surface area contributed by atoms with Crippen LogP contribution in [0.2, 0.25) is 5.02 Å². The first-order valence-corrected chi connectivity index (χ1v) is 10.1. The Kier molecular flexibility index (Phi) is 5.68. The molecule has 0 saturated heterocycles. The number of aryl methyl sites for hydroxylation is 1. The van der Waals surface area contributed by atoms with Gasteiger partial charge in [0.2, 0.25) is 0 Å². The third-order valence-electron chi connectivity index (χ3n) is 5.22. The van der Waals surface area contributed by atoms with E-state index in [1.165, 1.54) is 27.7 Å². The molecule has 0 aliphatic heterocycles. The maximum Gasteiger partial charge on any atom is 0.0580 e. The van der Waals surface area contributed by atoms with Crippen LogP contribution in [-0.2, 0) is 13.1 Å². The van der Waals surface area contributed by atoms with Crippen LogP contribution in [0.1, 0.15) is 27.9 Å². The molecule has 29 heavy (non-hydrogen) atoms. The lowest BCUT2D eigenvalue weighted by Gasteiger charge is -2.09. The van der Waals surface area contributed by atoms with Crippen LogP contribution in [0.25, 0.3) is 10.9 Å². The van der Waals surface area contributed by atoms with Gasteiger partial charge in [0, 0.05) is 33.7 Å². The Balaban J connectivity index is 1.58. The average Bonchev–Trinajstić information content (AvgIpc) is 3.00. The molecule has 1 heterocycles. The fraction of sp³-hybridized carbons (Fsp3) is 0.160. The van der Waals surface area contributed by atoms with Crippen molar-refractivity contribution in [3.63, 3.8) is 0 Å². The van der Waals surface area contributed by atoms with Crippen molar-refractivity contribution >= 4 is 28.7 Å². The number of fused-ring (bicyclic) bond motifs is 1. The minimum Gasteiger partial charge on any atom is -0.340 e. The molecule has 0 fully saturated rings. The normalized spacial score (nSPS) is 11.4. The fourth-order valence-electron chi connectivity index (χ4n) is 3.55. The summed E-state index contributed by atoms with van der Waals surface area (Å²) in [7, 11) is 0. The Hall–Kier alpha value is -3.04. The zero-order valence-electron chi connectivity index (χ0n) is 16.7. The van der Waals surface area contributed by atoms with E-state index >= 15 is 0 Å². The molecule has 0 spiro atoms. The number of nitrogens with zero attached hydrogens (tertiary/aromatic N) is 2. The Bertz CT molecular complexity index is 1140. The zero-order chi connectivity index (χ0) is 20.2. The molecule has 146 valence electrons. The highest BCUT2D eigenvalue weighted by Gasteiger charge is 2.12. The summed E-state index contributed by atoms with van der Waals surface area (Å²) in [6.07, 6.45) is 1.93. The van der Waals surface area contributed by atoms with E-state index in [2.05, 4.69) is 77.5 Å². The van der Waals surface area contributed by atoms with Gasteiger partial charge < -0.3 is 9.99 Å². The third kappa shape index (κ3) is 4.36. The predicted octanol–water partition coefficient (Wildman–Crippen LogP) is 6.08. The van der Waals surface area contributed by atoms with E-state index in [1.54, 1.807) is 0 Å². The smallest absolute Gasteiger partial charge is 0.0580 e. The van der Waals surface area contributed by atoms with Gasteiger partial charge in [0.1, 0.15) is 0 Å². The zero-order valence-corrected chi connectivity index (χ0v) is 17.4. The SMILES string of the molecule is Cc1ccc(Cn2c(C)c(/C=N\NCc3ccc(Cl)cc3)c3ccccc32)cc1. The average molecular weight is 402 g/mol. The summed E-state index contributed by atoms with van der Waals surface area (Å²) in [6, 6.07) is 25.0. The summed E-state index contributed by atoms with van der Waals surface area (Å²) in [6.45, 7) is 5.79. The summed E-state index contributed by atoms with van der Waals surface area (Å²) < 4.78 is 2.36. The lowest BCUT2D eigenvalue weighted by atomic mass is 10.1. The van der Waals surface area contributed by atoms with Crippen molar-refractivity contribution in [3.8, 4) is 0 Å². The first kappa shape index (κ1) is 19.3. The third-order valence-corrected chi connectivity index (χ3v) is 5.47. The molecule has 4 aromatic rings. The summed E-state index contributed by atoms with van der Waals surface area (Å²) in [5.74, 6) is 0.